The molecule has 5 nitrogen and oxygen atoms in total. The van der Waals surface area contributed by atoms with Crippen LogP contribution in [-0.2, 0) is 4.84 Å². The molecule has 2 heterocycles. The lowest BCUT2D eigenvalue weighted by Gasteiger charge is -2.36. The molecule has 2 N–H and O–H groups in total. The van der Waals surface area contributed by atoms with Crippen LogP contribution in [0.5, 0.6) is 0 Å². The number of benzene rings is 2. The molecule has 2 aliphatic heterocycles. The van der Waals surface area contributed by atoms with Crippen molar-refractivity contribution in [3.05, 3.63) is 71.8 Å². The molecule has 2 amide bonds. The van der Waals surface area contributed by atoms with Crippen molar-refractivity contribution in [2.75, 3.05) is 18.4 Å². The molecule has 2 aliphatic rings. The highest BCUT2D eigenvalue weighted by Gasteiger charge is 2.39. The van der Waals surface area contributed by atoms with Crippen molar-refractivity contribution in [1.29, 1.82) is 0 Å². The Morgan fingerprint density at radius 3 is 2.46 bits per heavy atom. The van der Waals surface area contributed by atoms with Crippen molar-refractivity contribution in [2.45, 2.75) is 25.4 Å². The fourth-order valence-corrected chi connectivity index (χ4v) is 3.41. The van der Waals surface area contributed by atoms with Crippen LogP contribution in [0.25, 0.3) is 5.70 Å². The molecular formula is C21H23N3O2. The van der Waals surface area contributed by atoms with E-state index in [-0.39, 0.29) is 11.6 Å². The average molecular weight is 349 g/mol. The van der Waals surface area contributed by atoms with Gasteiger partial charge in [-0.05, 0) is 30.7 Å². The zero-order valence-electron chi connectivity index (χ0n) is 14.9. The van der Waals surface area contributed by atoms with E-state index in [9.17, 15) is 4.79 Å². The van der Waals surface area contributed by atoms with Crippen molar-refractivity contribution in [3.8, 4) is 0 Å². The molecule has 0 radical (unpaired) electrons. The van der Waals surface area contributed by atoms with Crippen LogP contribution in [0.3, 0.4) is 0 Å². The molecule has 134 valence electrons. The number of hydrogen-bond acceptors (Lipinski definition) is 3. The van der Waals surface area contributed by atoms with Gasteiger partial charge < -0.3 is 10.2 Å². The Bertz CT molecular complexity index is 807. The number of para-hydroxylation sites is 1. The molecule has 0 saturated carbocycles. The Balaban J connectivity index is 1.38. The molecule has 1 fully saturated rings. The fourth-order valence-electron chi connectivity index (χ4n) is 3.41. The average Bonchev–Trinajstić information content (AvgIpc) is 3.07. The van der Waals surface area contributed by atoms with Gasteiger partial charge in [0.05, 0.1) is 5.70 Å². The van der Waals surface area contributed by atoms with E-state index >= 15 is 0 Å². The number of carbonyl (C=O) groups is 1. The van der Waals surface area contributed by atoms with Gasteiger partial charge in [-0.2, -0.15) is 0 Å². The molecular weight excluding hydrogens is 326 g/mol. The van der Waals surface area contributed by atoms with E-state index in [0.717, 1.165) is 29.8 Å². The van der Waals surface area contributed by atoms with Gasteiger partial charge in [0.1, 0.15) is 5.60 Å². The topological polar surface area (TPSA) is 53.6 Å². The fraction of sp³-hybridized carbons (Fsp3) is 0.286. The Morgan fingerprint density at radius 2 is 1.77 bits per heavy atom. The molecule has 0 atom stereocenters. The van der Waals surface area contributed by atoms with Crippen molar-refractivity contribution in [3.63, 3.8) is 0 Å². The van der Waals surface area contributed by atoms with E-state index in [2.05, 4.69) is 48.1 Å². The Morgan fingerprint density at radius 1 is 1.08 bits per heavy atom. The summed E-state index contributed by atoms with van der Waals surface area (Å²) in [5.74, 6) is 0. The third kappa shape index (κ3) is 3.44. The van der Waals surface area contributed by atoms with Gasteiger partial charge in [-0.3, -0.25) is 10.3 Å². The summed E-state index contributed by atoms with van der Waals surface area (Å²) in [7, 11) is 0. The molecule has 4 rings (SSSR count). The predicted molar refractivity (Wildman–Crippen MR) is 102 cm³/mol. The highest BCUT2D eigenvalue weighted by Crippen LogP contribution is 2.34. The molecule has 0 aromatic heterocycles. The van der Waals surface area contributed by atoms with Crippen molar-refractivity contribution >= 4 is 17.4 Å². The first kappa shape index (κ1) is 16.7. The molecule has 2 aromatic carbocycles. The number of aryl methyl sites for hydroxylation is 1. The van der Waals surface area contributed by atoms with Gasteiger partial charge in [0.2, 0.25) is 0 Å². The quantitative estimate of drug-likeness (QED) is 0.863. The van der Waals surface area contributed by atoms with Gasteiger partial charge in [-0.1, -0.05) is 48.0 Å². The smallest absolute Gasteiger partial charge is 0.321 e. The number of anilines is 1. The molecule has 26 heavy (non-hydrogen) atoms. The van der Waals surface area contributed by atoms with E-state index in [1.807, 2.05) is 35.2 Å². The standard InChI is InChI=1S/C21H23N3O2/c1-16-7-9-17(10-8-16)19-15-21(26-23-19)11-13-24(14-12-21)20(25)22-18-5-3-2-4-6-18/h2-10,15,23H,11-14H2,1H3,(H,22,25). The van der Waals surface area contributed by atoms with Crippen LogP contribution in [0.15, 0.2) is 60.7 Å². The molecule has 0 unspecified atom stereocenters. The van der Waals surface area contributed by atoms with E-state index in [1.165, 1.54) is 5.56 Å². The minimum absolute atomic E-state index is 0.0558. The van der Waals surface area contributed by atoms with Crippen LogP contribution in [0, 0.1) is 6.92 Å². The van der Waals surface area contributed by atoms with Gasteiger partial charge in [-0.25, -0.2) is 4.79 Å². The number of likely N-dealkylation sites (tertiary alicyclic amines) is 1. The van der Waals surface area contributed by atoms with Crippen molar-refractivity contribution in [1.82, 2.24) is 10.4 Å². The Hall–Kier alpha value is -2.79. The summed E-state index contributed by atoms with van der Waals surface area (Å²) >= 11 is 0. The molecule has 2 aromatic rings. The van der Waals surface area contributed by atoms with E-state index < -0.39 is 0 Å². The lowest BCUT2D eigenvalue weighted by molar-refractivity contribution is -0.0634. The molecule has 1 saturated heterocycles. The number of rotatable bonds is 2. The van der Waals surface area contributed by atoms with Gasteiger partial charge >= 0.3 is 6.03 Å². The maximum Gasteiger partial charge on any atom is 0.321 e. The largest absolute Gasteiger partial charge is 0.324 e. The summed E-state index contributed by atoms with van der Waals surface area (Å²) < 4.78 is 0. The lowest BCUT2D eigenvalue weighted by Crippen LogP contribution is -2.48. The summed E-state index contributed by atoms with van der Waals surface area (Å²) in [5.41, 5.74) is 6.93. The lowest BCUT2D eigenvalue weighted by atomic mass is 9.90. The maximum atomic E-state index is 12.4. The summed E-state index contributed by atoms with van der Waals surface area (Å²) in [6.45, 7) is 3.41. The van der Waals surface area contributed by atoms with Gasteiger partial charge in [-0.15, -0.1) is 0 Å². The number of amides is 2. The second kappa shape index (κ2) is 6.84. The molecule has 1 spiro atoms. The minimum atomic E-state index is -0.330. The van der Waals surface area contributed by atoms with Crippen LogP contribution >= 0.6 is 0 Å². The van der Waals surface area contributed by atoms with Crippen LogP contribution in [0.4, 0.5) is 10.5 Å². The second-order valence-corrected chi connectivity index (χ2v) is 6.98. The third-order valence-corrected chi connectivity index (χ3v) is 5.06. The summed E-state index contributed by atoms with van der Waals surface area (Å²) in [4.78, 5) is 20.2. The minimum Gasteiger partial charge on any atom is -0.324 e. The third-order valence-electron chi connectivity index (χ3n) is 5.06. The van der Waals surface area contributed by atoms with E-state index in [0.29, 0.717) is 13.1 Å². The highest BCUT2D eigenvalue weighted by molar-refractivity contribution is 5.89. The number of carbonyl (C=O) groups excluding carboxylic acids is 1. The number of piperidine rings is 1. The first-order valence-corrected chi connectivity index (χ1v) is 8.98. The number of nitrogens with one attached hydrogen (secondary N) is 2. The highest BCUT2D eigenvalue weighted by atomic mass is 16.7. The Labute approximate surface area is 153 Å². The zero-order chi connectivity index (χ0) is 18.0. The molecule has 5 heteroatoms. The van der Waals surface area contributed by atoms with Gasteiger partial charge in [0, 0.05) is 31.6 Å². The first-order chi connectivity index (χ1) is 12.6. The molecule has 0 bridgehead atoms. The van der Waals surface area contributed by atoms with Crippen LogP contribution in [0.1, 0.15) is 24.0 Å². The summed E-state index contributed by atoms with van der Waals surface area (Å²) in [5, 5.41) is 2.95. The monoisotopic (exact) mass is 349 g/mol. The number of hydrogen-bond donors (Lipinski definition) is 2. The first-order valence-electron chi connectivity index (χ1n) is 8.98. The second-order valence-electron chi connectivity index (χ2n) is 6.98. The maximum absolute atomic E-state index is 12.4. The predicted octanol–water partition coefficient (Wildman–Crippen LogP) is 3.94. The summed E-state index contributed by atoms with van der Waals surface area (Å²) in [6, 6.07) is 17.9. The molecule has 0 aliphatic carbocycles. The summed E-state index contributed by atoms with van der Waals surface area (Å²) in [6.07, 6.45) is 3.72. The van der Waals surface area contributed by atoms with Crippen LogP contribution < -0.4 is 10.8 Å². The number of hydroxylamine groups is 1. The zero-order valence-corrected chi connectivity index (χ0v) is 14.9. The van der Waals surface area contributed by atoms with Crippen LogP contribution in [0.2, 0.25) is 0 Å². The van der Waals surface area contributed by atoms with Gasteiger partial charge in [0.15, 0.2) is 0 Å². The SMILES string of the molecule is Cc1ccc(C2=CC3(CCN(C(=O)Nc4ccccc4)CC3)ON2)cc1. The van der Waals surface area contributed by atoms with Crippen molar-refractivity contribution in [2.24, 2.45) is 0 Å². The van der Waals surface area contributed by atoms with Crippen molar-refractivity contribution < 1.29 is 9.63 Å². The van der Waals surface area contributed by atoms with Gasteiger partial charge in [0.25, 0.3) is 0 Å². The van der Waals surface area contributed by atoms with Crippen LogP contribution in [-0.4, -0.2) is 29.6 Å². The number of urea groups is 1. The normalized spacial score (nSPS) is 18.3. The Kier molecular flexibility index (Phi) is 4.39. The number of nitrogens with zero attached hydrogens (tertiary/aromatic N) is 1. The van der Waals surface area contributed by atoms with E-state index in [1.54, 1.807) is 0 Å². The van der Waals surface area contributed by atoms with E-state index in [4.69, 9.17) is 4.84 Å².